The van der Waals surface area contributed by atoms with Gasteiger partial charge in [0.25, 0.3) is 0 Å². The second-order valence-corrected chi connectivity index (χ2v) is 4.25. The van der Waals surface area contributed by atoms with E-state index in [9.17, 15) is 0 Å². The summed E-state index contributed by atoms with van der Waals surface area (Å²) in [6.45, 7) is 0. The second kappa shape index (κ2) is 3.97. The summed E-state index contributed by atoms with van der Waals surface area (Å²) in [6, 6.07) is 8.65. The van der Waals surface area contributed by atoms with Gasteiger partial charge in [-0.15, -0.1) is 0 Å². The largest absolute Gasteiger partial charge is 0.0767 e. The highest BCUT2D eigenvalue weighted by Crippen LogP contribution is 2.34. The summed E-state index contributed by atoms with van der Waals surface area (Å²) < 4.78 is 0. The van der Waals surface area contributed by atoms with Crippen LogP contribution in [0.5, 0.6) is 0 Å². The van der Waals surface area contributed by atoms with Crippen LogP contribution in [0.25, 0.3) is 6.08 Å². The van der Waals surface area contributed by atoms with Crippen molar-refractivity contribution in [2.24, 2.45) is 5.92 Å². The number of benzene rings is 1. The molecule has 0 N–H and O–H groups in total. The van der Waals surface area contributed by atoms with Crippen LogP contribution in [0, 0.1) is 5.92 Å². The molecule has 2 aliphatic rings. The molecule has 16 heavy (non-hydrogen) atoms. The summed E-state index contributed by atoms with van der Waals surface area (Å²) in [5.74, 6) is 0.985. The first-order valence-electron chi connectivity index (χ1n) is 5.74. The fraction of sp³-hybridized carbons (Fsp3) is 0.125. The number of fused-ring (bicyclic) bond motifs is 3. The van der Waals surface area contributed by atoms with Crippen molar-refractivity contribution in [1.29, 1.82) is 0 Å². The van der Waals surface area contributed by atoms with Crippen LogP contribution in [0.2, 0.25) is 0 Å². The van der Waals surface area contributed by atoms with Gasteiger partial charge in [-0.2, -0.15) is 0 Å². The zero-order valence-corrected chi connectivity index (χ0v) is 9.08. The summed E-state index contributed by atoms with van der Waals surface area (Å²) in [7, 11) is 0. The molecular formula is C16H14. The average molecular weight is 206 g/mol. The molecule has 0 nitrogen and oxygen atoms in total. The fourth-order valence-electron chi connectivity index (χ4n) is 2.44. The van der Waals surface area contributed by atoms with Crippen molar-refractivity contribution < 1.29 is 0 Å². The van der Waals surface area contributed by atoms with E-state index >= 15 is 0 Å². The first kappa shape index (κ1) is 9.41. The average Bonchev–Trinajstić information content (AvgIpc) is 2.33. The highest BCUT2D eigenvalue weighted by molar-refractivity contribution is 5.58. The summed E-state index contributed by atoms with van der Waals surface area (Å²) in [5, 5.41) is 0. The molecule has 0 aliphatic heterocycles. The lowest BCUT2D eigenvalue weighted by atomic mass is 9.80. The minimum Gasteiger partial charge on any atom is -0.0767 e. The Balaban J connectivity index is 2.16. The Labute approximate surface area is 96.3 Å². The number of hydrogen-bond acceptors (Lipinski definition) is 0. The predicted octanol–water partition coefficient (Wildman–Crippen LogP) is 4.10. The van der Waals surface area contributed by atoms with Crippen LogP contribution < -0.4 is 0 Å². The van der Waals surface area contributed by atoms with Gasteiger partial charge in [0.05, 0.1) is 0 Å². The molecule has 1 aromatic rings. The van der Waals surface area contributed by atoms with E-state index in [4.69, 9.17) is 0 Å². The standard InChI is InChI=1S/C16H14/c1-2-8-14-10-4-6-12-16(14)15-11-5-3-9-13(15)7-1/h1-13,15H. The second-order valence-electron chi connectivity index (χ2n) is 4.25. The van der Waals surface area contributed by atoms with Gasteiger partial charge in [-0.3, -0.25) is 0 Å². The monoisotopic (exact) mass is 206 g/mol. The molecular weight excluding hydrogens is 192 g/mol. The lowest BCUT2D eigenvalue weighted by Gasteiger charge is -2.24. The molecule has 0 heterocycles. The first-order valence-corrected chi connectivity index (χ1v) is 5.74. The predicted molar refractivity (Wildman–Crippen MR) is 69.1 cm³/mol. The molecule has 0 amide bonds. The molecule has 0 heteroatoms. The van der Waals surface area contributed by atoms with Crippen LogP contribution in [0.15, 0.2) is 66.8 Å². The third kappa shape index (κ3) is 1.57. The van der Waals surface area contributed by atoms with Gasteiger partial charge in [0.15, 0.2) is 0 Å². The van der Waals surface area contributed by atoms with Gasteiger partial charge in [0.1, 0.15) is 0 Å². The van der Waals surface area contributed by atoms with Gasteiger partial charge < -0.3 is 0 Å². The minimum atomic E-state index is 0.488. The Kier molecular flexibility index (Phi) is 2.34. The van der Waals surface area contributed by atoms with Crippen LogP contribution >= 0.6 is 0 Å². The van der Waals surface area contributed by atoms with Crippen molar-refractivity contribution >= 4 is 6.08 Å². The summed E-state index contributed by atoms with van der Waals surface area (Å²) in [5.41, 5.74) is 2.76. The van der Waals surface area contributed by atoms with Crippen molar-refractivity contribution in [2.75, 3.05) is 0 Å². The van der Waals surface area contributed by atoms with Gasteiger partial charge in [0.2, 0.25) is 0 Å². The molecule has 3 rings (SSSR count). The third-order valence-corrected chi connectivity index (χ3v) is 3.25. The topological polar surface area (TPSA) is 0 Å². The molecule has 2 aliphatic carbocycles. The minimum absolute atomic E-state index is 0.488. The van der Waals surface area contributed by atoms with Gasteiger partial charge in [0, 0.05) is 11.8 Å². The van der Waals surface area contributed by atoms with Crippen molar-refractivity contribution in [3.63, 3.8) is 0 Å². The lowest BCUT2D eigenvalue weighted by Crippen LogP contribution is -2.10. The Hall–Kier alpha value is -1.82. The van der Waals surface area contributed by atoms with Crippen molar-refractivity contribution in [2.45, 2.75) is 5.92 Å². The summed E-state index contributed by atoms with van der Waals surface area (Å²) >= 11 is 0. The molecule has 2 unspecified atom stereocenters. The fourth-order valence-corrected chi connectivity index (χ4v) is 2.44. The normalized spacial score (nSPS) is 25.8. The van der Waals surface area contributed by atoms with E-state index in [2.05, 4.69) is 72.9 Å². The SMILES string of the molecule is C1=Cc2ccccc2C2C=CC=CC2C=C1. The maximum absolute atomic E-state index is 2.30. The summed E-state index contributed by atoms with van der Waals surface area (Å²) in [4.78, 5) is 0. The maximum atomic E-state index is 2.30. The van der Waals surface area contributed by atoms with Gasteiger partial charge in [-0.05, 0) is 11.1 Å². The van der Waals surface area contributed by atoms with Crippen molar-refractivity contribution in [3.8, 4) is 0 Å². The van der Waals surface area contributed by atoms with Crippen molar-refractivity contribution in [3.05, 3.63) is 77.9 Å². The molecule has 0 fully saturated rings. The number of allylic oxidation sites excluding steroid dienone is 7. The van der Waals surface area contributed by atoms with E-state index in [-0.39, 0.29) is 0 Å². The number of rotatable bonds is 0. The molecule has 0 saturated heterocycles. The maximum Gasteiger partial charge on any atom is 0.0125 e. The molecule has 2 atom stereocenters. The molecule has 0 aromatic heterocycles. The number of hydrogen-bond donors (Lipinski definition) is 0. The molecule has 78 valence electrons. The van der Waals surface area contributed by atoms with Crippen LogP contribution in [-0.4, -0.2) is 0 Å². The Morgan fingerprint density at radius 3 is 2.44 bits per heavy atom. The Bertz CT molecular complexity index is 501. The van der Waals surface area contributed by atoms with Crippen LogP contribution in [0.1, 0.15) is 17.0 Å². The quantitative estimate of drug-likeness (QED) is 0.599. The smallest absolute Gasteiger partial charge is 0.0125 e. The highest BCUT2D eigenvalue weighted by atomic mass is 14.2. The van der Waals surface area contributed by atoms with E-state index in [1.54, 1.807) is 0 Å². The van der Waals surface area contributed by atoms with E-state index < -0.39 is 0 Å². The Morgan fingerprint density at radius 1 is 0.750 bits per heavy atom. The highest BCUT2D eigenvalue weighted by Gasteiger charge is 2.20. The van der Waals surface area contributed by atoms with Gasteiger partial charge in [-0.25, -0.2) is 0 Å². The zero-order valence-electron chi connectivity index (χ0n) is 9.08. The molecule has 0 saturated carbocycles. The van der Waals surface area contributed by atoms with Crippen molar-refractivity contribution in [1.82, 2.24) is 0 Å². The lowest BCUT2D eigenvalue weighted by molar-refractivity contribution is 0.697. The molecule has 0 bridgehead atoms. The first-order chi connectivity index (χ1) is 7.95. The third-order valence-electron chi connectivity index (χ3n) is 3.25. The van der Waals surface area contributed by atoms with E-state index in [1.807, 2.05) is 0 Å². The van der Waals surface area contributed by atoms with Crippen LogP contribution in [-0.2, 0) is 0 Å². The van der Waals surface area contributed by atoms with E-state index in [1.165, 1.54) is 11.1 Å². The van der Waals surface area contributed by atoms with Gasteiger partial charge in [-0.1, -0.05) is 72.9 Å². The summed E-state index contributed by atoms with van der Waals surface area (Å²) in [6.07, 6.45) is 17.6. The van der Waals surface area contributed by atoms with E-state index in [0.29, 0.717) is 11.8 Å². The van der Waals surface area contributed by atoms with Crippen LogP contribution in [0.4, 0.5) is 0 Å². The molecule has 1 aromatic carbocycles. The Morgan fingerprint density at radius 2 is 1.50 bits per heavy atom. The molecule has 0 radical (unpaired) electrons. The van der Waals surface area contributed by atoms with Gasteiger partial charge >= 0.3 is 0 Å². The molecule has 0 spiro atoms. The van der Waals surface area contributed by atoms with Crippen LogP contribution in [0.3, 0.4) is 0 Å². The zero-order chi connectivity index (χ0) is 10.8. The van der Waals surface area contributed by atoms with E-state index in [0.717, 1.165) is 0 Å².